The van der Waals surface area contributed by atoms with Crippen LogP contribution in [-0.2, 0) is 11.2 Å². The summed E-state index contributed by atoms with van der Waals surface area (Å²) in [6, 6.07) is 20.0. The minimum absolute atomic E-state index is 0.0548. The SMILES string of the molecule is CCc1ccc(NC(=O)CSc2nccn3nc(-c4ccccc4)cc23)cc1. The summed E-state index contributed by atoms with van der Waals surface area (Å²) in [6.45, 7) is 2.11. The van der Waals surface area contributed by atoms with Gasteiger partial charge < -0.3 is 5.32 Å². The Morgan fingerprint density at radius 2 is 1.89 bits per heavy atom. The Morgan fingerprint density at radius 1 is 1.11 bits per heavy atom. The fourth-order valence-corrected chi connectivity index (χ4v) is 3.69. The van der Waals surface area contributed by atoms with Crippen LogP contribution in [0.2, 0.25) is 0 Å². The third-order valence-corrected chi connectivity index (χ3v) is 5.40. The Morgan fingerprint density at radius 3 is 2.64 bits per heavy atom. The highest BCUT2D eigenvalue weighted by atomic mass is 32.2. The normalized spacial score (nSPS) is 10.9. The molecule has 4 aromatic rings. The summed E-state index contributed by atoms with van der Waals surface area (Å²) >= 11 is 1.41. The summed E-state index contributed by atoms with van der Waals surface area (Å²) in [6.07, 6.45) is 4.51. The third-order valence-electron chi connectivity index (χ3n) is 4.41. The average Bonchev–Trinajstić information content (AvgIpc) is 3.18. The van der Waals surface area contributed by atoms with Crippen molar-refractivity contribution in [3.8, 4) is 11.3 Å². The Kier molecular flexibility index (Phi) is 5.39. The molecule has 140 valence electrons. The van der Waals surface area contributed by atoms with E-state index in [1.807, 2.05) is 66.9 Å². The monoisotopic (exact) mass is 388 g/mol. The molecule has 2 heterocycles. The molecule has 28 heavy (non-hydrogen) atoms. The van der Waals surface area contributed by atoms with E-state index in [4.69, 9.17) is 0 Å². The van der Waals surface area contributed by atoms with E-state index < -0.39 is 0 Å². The van der Waals surface area contributed by atoms with Crippen LogP contribution in [0.25, 0.3) is 16.8 Å². The van der Waals surface area contributed by atoms with E-state index in [0.717, 1.165) is 33.9 Å². The number of thioether (sulfide) groups is 1. The van der Waals surface area contributed by atoms with Gasteiger partial charge >= 0.3 is 0 Å². The number of nitrogens with one attached hydrogen (secondary N) is 1. The lowest BCUT2D eigenvalue weighted by molar-refractivity contribution is -0.113. The zero-order valence-corrected chi connectivity index (χ0v) is 16.3. The summed E-state index contributed by atoms with van der Waals surface area (Å²) in [4.78, 5) is 16.8. The summed E-state index contributed by atoms with van der Waals surface area (Å²) in [5.74, 6) is 0.231. The number of carbonyl (C=O) groups is 1. The first kappa shape index (κ1) is 18.3. The molecule has 0 unspecified atom stereocenters. The molecular weight excluding hydrogens is 368 g/mol. The van der Waals surface area contributed by atoms with Gasteiger partial charge in [0.25, 0.3) is 0 Å². The number of rotatable bonds is 6. The van der Waals surface area contributed by atoms with Crippen LogP contribution in [0.15, 0.2) is 78.1 Å². The fraction of sp³-hybridized carbons (Fsp3) is 0.136. The summed E-state index contributed by atoms with van der Waals surface area (Å²) in [7, 11) is 0. The predicted molar refractivity (Wildman–Crippen MR) is 114 cm³/mol. The molecule has 0 aliphatic carbocycles. The molecule has 0 aliphatic rings. The highest BCUT2D eigenvalue weighted by Crippen LogP contribution is 2.26. The van der Waals surface area contributed by atoms with Gasteiger partial charge in [0.05, 0.1) is 17.0 Å². The van der Waals surface area contributed by atoms with Crippen molar-refractivity contribution in [1.82, 2.24) is 14.6 Å². The molecule has 2 aromatic carbocycles. The lowest BCUT2D eigenvalue weighted by atomic mass is 10.1. The average molecular weight is 388 g/mol. The van der Waals surface area contributed by atoms with Crippen molar-refractivity contribution in [2.45, 2.75) is 18.4 Å². The largest absolute Gasteiger partial charge is 0.325 e. The molecule has 0 atom stereocenters. The molecule has 6 heteroatoms. The van der Waals surface area contributed by atoms with Gasteiger partial charge in [0, 0.05) is 23.6 Å². The van der Waals surface area contributed by atoms with Gasteiger partial charge in [-0.2, -0.15) is 5.10 Å². The van der Waals surface area contributed by atoms with E-state index in [2.05, 4.69) is 22.3 Å². The van der Waals surface area contributed by atoms with E-state index in [0.29, 0.717) is 0 Å². The molecule has 1 N–H and O–H groups in total. The van der Waals surface area contributed by atoms with Crippen molar-refractivity contribution in [2.75, 3.05) is 11.1 Å². The van der Waals surface area contributed by atoms with Crippen LogP contribution in [0, 0.1) is 0 Å². The molecule has 1 amide bonds. The third kappa shape index (κ3) is 4.07. The standard InChI is InChI=1S/C22H20N4OS/c1-2-16-8-10-18(11-9-16)24-21(27)15-28-22-20-14-19(17-6-4-3-5-7-17)25-26(20)13-12-23-22/h3-14H,2,15H2,1H3,(H,24,27). The van der Waals surface area contributed by atoms with Crippen LogP contribution >= 0.6 is 11.8 Å². The lowest BCUT2D eigenvalue weighted by Crippen LogP contribution is -2.14. The first-order valence-corrected chi connectivity index (χ1v) is 10.1. The number of amides is 1. The second kappa shape index (κ2) is 8.27. The first-order valence-electron chi connectivity index (χ1n) is 9.14. The fourth-order valence-electron chi connectivity index (χ4n) is 2.91. The molecule has 0 saturated heterocycles. The summed E-state index contributed by atoms with van der Waals surface area (Å²) in [5, 5.41) is 8.34. The molecule has 0 bridgehead atoms. The quantitative estimate of drug-likeness (QED) is 0.487. The van der Waals surface area contributed by atoms with E-state index in [1.165, 1.54) is 17.3 Å². The Hall–Kier alpha value is -3.12. The van der Waals surface area contributed by atoms with Gasteiger partial charge in [0.2, 0.25) is 5.91 Å². The van der Waals surface area contributed by atoms with Gasteiger partial charge in [0.1, 0.15) is 5.03 Å². The first-order chi connectivity index (χ1) is 13.7. The molecular formula is C22H20N4OS. The van der Waals surface area contributed by atoms with Crippen molar-refractivity contribution in [1.29, 1.82) is 0 Å². The lowest BCUT2D eigenvalue weighted by Gasteiger charge is -2.06. The van der Waals surface area contributed by atoms with Crippen LogP contribution in [0.5, 0.6) is 0 Å². The van der Waals surface area contributed by atoms with Crippen molar-refractivity contribution in [2.24, 2.45) is 0 Å². The Bertz CT molecular complexity index is 1090. The van der Waals surface area contributed by atoms with E-state index >= 15 is 0 Å². The van der Waals surface area contributed by atoms with E-state index in [-0.39, 0.29) is 11.7 Å². The molecule has 0 aliphatic heterocycles. The molecule has 0 fully saturated rings. The Balaban J connectivity index is 1.47. The molecule has 0 radical (unpaired) electrons. The second-order valence-electron chi connectivity index (χ2n) is 6.35. The minimum Gasteiger partial charge on any atom is -0.325 e. The van der Waals surface area contributed by atoms with E-state index in [1.54, 1.807) is 10.7 Å². The van der Waals surface area contributed by atoms with Crippen LogP contribution in [-0.4, -0.2) is 26.3 Å². The maximum atomic E-state index is 12.3. The van der Waals surface area contributed by atoms with Crippen LogP contribution < -0.4 is 5.32 Å². The zero-order chi connectivity index (χ0) is 19.3. The maximum Gasteiger partial charge on any atom is 0.234 e. The molecule has 0 saturated carbocycles. The highest BCUT2D eigenvalue weighted by molar-refractivity contribution is 8.00. The Labute approximate surface area is 167 Å². The smallest absolute Gasteiger partial charge is 0.234 e. The van der Waals surface area contributed by atoms with Gasteiger partial charge in [0.15, 0.2) is 0 Å². The van der Waals surface area contributed by atoms with Crippen molar-refractivity contribution in [3.63, 3.8) is 0 Å². The molecule has 5 nitrogen and oxygen atoms in total. The number of hydrogen-bond acceptors (Lipinski definition) is 4. The van der Waals surface area contributed by atoms with Gasteiger partial charge in [-0.05, 0) is 30.2 Å². The van der Waals surface area contributed by atoms with Gasteiger partial charge in [-0.1, -0.05) is 61.2 Å². The van der Waals surface area contributed by atoms with Crippen molar-refractivity contribution >= 4 is 28.9 Å². The number of carbonyl (C=O) groups excluding carboxylic acids is 1. The number of benzene rings is 2. The van der Waals surface area contributed by atoms with Crippen LogP contribution in [0.1, 0.15) is 12.5 Å². The van der Waals surface area contributed by atoms with Crippen molar-refractivity contribution < 1.29 is 4.79 Å². The zero-order valence-electron chi connectivity index (χ0n) is 15.5. The predicted octanol–water partition coefficient (Wildman–Crippen LogP) is 4.69. The van der Waals surface area contributed by atoms with Crippen LogP contribution in [0.4, 0.5) is 5.69 Å². The molecule has 0 spiro atoms. The number of aryl methyl sites for hydroxylation is 1. The van der Waals surface area contributed by atoms with Gasteiger partial charge in [-0.15, -0.1) is 0 Å². The number of aromatic nitrogens is 3. The highest BCUT2D eigenvalue weighted by Gasteiger charge is 2.11. The maximum absolute atomic E-state index is 12.3. The number of hydrogen-bond donors (Lipinski definition) is 1. The van der Waals surface area contributed by atoms with Gasteiger partial charge in [-0.25, -0.2) is 9.50 Å². The second-order valence-corrected chi connectivity index (χ2v) is 7.31. The number of anilines is 1. The summed E-state index contributed by atoms with van der Waals surface area (Å²) in [5.41, 5.74) is 4.89. The van der Waals surface area contributed by atoms with Crippen molar-refractivity contribution in [3.05, 3.63) is 78.6 Å². The van der Waals surface area contributed by atoms with E-state index in [9.17, 15) is 4.79 Å². The minimum atomic E-state index is -0.0548. The molecule has 4 rings (SSSR count). The van der Waals surface area contributed by atoms with Crippen LogP contribution in [0.3, 0.4) is 0 Å². The molecule has 2 aromatic heterocycles. The number of fused-ring (bicyclic) bond motifs is 1. The number of nitrogens with zero attached hydrogens (tertiary/aromatic N) is 3. The summed E-state index contributed by atoms with van der Waals surface area (Å²) < 4.78 is 1.80. The topological polar surface area (TPSA) is 59.3 Å². The van der Waals surface area contributed by atoms with Gasteiger partial charge in [-0.3, -0.25) is 4.79 Å².